The molecule has 0 spiro atoms. The lowest BCUT2D eigenvalue weighted by Gasteiger charge is -2.19. The molecular formula is C14H21NOS. The van der Waals surface area contributed by atoms with Gasteiger partial charge in [0.15, 0.2) is 0 Å². The van der Waals surface area contributed by atoms with Crippen LogP contribution >= 0.6 is 11.8 Å². The van der Waals surface area contributed by atoms with E-state index < -0.39 is 0 Å². The van der Waals surface area contributed by atoms with Crippen molar-refractivity contribution in [2.75, 3.05) is 12.8 Å². The molecule has 1 saturated carbocycles. The average Bonchev–Trinajstić information content (AvgIpc) is 3.07. The van der Waals surface area contributed by atoms with Crippen LogP contribution in [0.4, 0.5) is 0 Å². The highest BCUT2D eigenvalue weighted by Gasteiger charge is 2.41. The molecule has 17 heavy (non-hydrogen) atoms. The summed E-state index contributed by atoms with van der Waals surface area (Å²) in [7, 11) is 0. The molecule has 0 amide bonds. The van der Waals surface area contributed by atoms with Crippen LogP contribution in [0.15, 0.2) is 18.2 Å². The summed E-state index contributed by atoms with van der Waals surface area (Å²) in [5.41, 5.74) is 2.09. The van der Waals surface area contributed by atoms with Crippen LogP contribution in [-0.4, -0.2) is 22.7 Å². The molecule has 2 rings (SSSR count). The van der Waals surface area contributed by atoms with Crippen molar-refractivity contribution in [3.63, 3.8) is 0 Å². The molecule has 0 radical (unpaired) electrons. The van der Waals surface area contributed by atoms with Gasteiger partial charge >= 0.3 is 0 Å². The predicted molar refractivity (Wildman–Crippen MR) is 74.7 cm³/mol. The van der Waals surface area contributed by atoms with Crippen molar-refractivity contribution in [3.05, 3.63) is 29.3 Å². The molecule has 2 nitrogen and oxygen atoms in total. The fourth-order valence-electron chi connectivity index (χ4n) is 2.06. The summed E-state index contributed by atoms with van der Waals surface area (Å²) >= 11 is 1.96. The summed E-state index contributed by atoms with van der Waals surface area (Å²) < 4.78 is 0.467. The number of phenolic OH excluding ortho intramolecular Hbond substituents is 1. The molecule has 1 aliphatic carbocycles. The molecule has 1 aromatic rings. The van der Waals surface area contributed by atoms with Crippen molar-refractivity contribution in [1.82, 2.24) is 5.32 Å². The molecule has 94 valence electrons. The largest absolute Gasteiger partial charge is 0.508 e. The Kier molecular flexibility index (Phi) is 3.69. The van der Waals surface area contributed by atoms with Crippen molar-refractivity contribution < 1.29 is 5.11 Å². The lowest BCUT2D eigenvalue weighted by Crippen LogP contribution is -2.28. The van der Waals surface area contributed by atoms with E-state index in [0.717, 1.165) is 17.7 Å². The number of hydrogen-bond acceptors (Lipinski definition) is 3. The van der Waals surface area contributed by atoms with Gasteiger partial charge in [-0.1, -0.05) is 12.1 Å². The summed E-state index contributed by atoms with van der Waals surface area (Å²) in [5.74, 6) is 0.402. The summed E-state index contributed by atoms with van der Waals surface area (Å²) in [4.78, 5) is 0. The van der Waals surface area contributed by atoms with E-state index in [1.54, 1.807) is 0 Å². The van der Waals surface area contributed by atoms with Crippen molar-refractivity contribution in [1.29, 1.82) is 0 Å². The minimum absolute atomic E-state index is 0.209. The quantitative estimate of drug-likeness (QED) is 0.842. The van der Waals surface area contributed by atoms with Crippen LogP contribution in [0.25, 0.3) is 0 Å². The van der Waals surface area contributed by atoms with Crippen molar-refractivity contribution in [2.45, 2.75) is 37.5 Å². The molecule has 1 atom stereocenters. The van der Waals surface area contributed by atoms with E-state index in [9.17, 15) is 5.11 Å². The Hall–Kier alpha value is -0.670. The SMILES string of the molecule is CSC1(CNC(C)c2ccc(C)cc2O)CC1. The molecule has 0 bridgehead atoms. The second kappa shape index (κ2) is 4.91. The highest BCUT2D eigenvalue weighted by molar-refractivity contribution is 8.00. The number of thioether (sulfide) groups is 1. The van der Waals surface area contributed by atoms with E-state index in [0.29, 0.717) is 10.5 Å². The molecule has 0 heterocycles. The van der Waals surface area contributed by atoms with Gasteiger partial charge in [0.05, 0.1) is 0 Å². The molecule has 3 heteroatoms. The van der Waals surface area contributed by atoms with Gasteiger partial charge in [0.1, 0.15) is 5.75 Å². The number of nitrogens with one attached hydrogen (secondary N) is 1. The second-order valence-corrected chi connectivity index (χ2v) is 6.33. The number of hydrogen-bond donors (Lipinski definition) is 2. The monoisotopic (exact) mass is 251 g/mol. The number of aryl methyl sites for hydroxylation is 1. The molecule has 0 saturated heterocycles. The first-order chi connectivity index (χ1) is 8.06. The normalized spacial score (nSPS) is 19.0. The smallest absolute Gasteiger partial charge is 0.120 e. The Morgan fingerprint density at radius 3 is 2.71 bits per heavy atom. The lowest BCUT2D eigenvalue weighted by atomic mass is 10.0. The van der Waals surface area contributed by atoms with Crippen LogP contribution in [0.3, 0.4) is 0 Å². The Labute approximate surface area is 108 Å². The number of benzene rings is 1. The first-order valence-electron chi connectivity index (χ1n) is 6.14. The van der Waals surface area contributed by atoms with E-state index in [4.69, 9.17) is 0 Å². The van der Waals surface area contributed by atoms with Gasteiger partial charge in [0.2, 0.25) is 0 Å². The van der Waals surface area contributed by atoms with E-state index >= 15 is 0 Å². The summed E-state index contributed by atoms with van der Waals surface area (Å²) in [6.07, 6.45) is 4.81. The highest BCUT2D eigenvalue weighted by Crippen LogP contribution is 2.46. The van der Waals surface area contributed by atoms with Gasteiger partial charge in [-0.2, -0.15) is 11.8 Å². The van der Waals surface area contributed by atoms with E-state index in [1.807, 2.05) is 30.8 Å². The summed E-state index contributed by atoms with van der Waals surface area (Å²) in [6.45, 7) is 5.14. The van der Waals surface area contributed by atoms with Crippen LogP contribution in [0.5, 0.6) is 5.75 Å². The number of rotatable bonds is 5. The first kappa shape index (κ1) is 12.8. The van der Waals surface area contributed by atoms with E-state index in [-0.39, 0.29) is 6.04 Å². The Balaban J connectivity index is 1.97. The highest BCUT2D eigenvalue weighted by atomic mass is 32.2. The Bertz CT molecular complexity index is 401. The maximum absolute atomic E-state index is 9.92. The Morgan fingerprint density at radius 1 is 1.47 bits per heavy atom. The van der Waals surface area contributed by atoms with Crippen LogP contribution < -0.4 is 5.32 Å². The van der Waals surface area contributed by atoms with Crippen molar-refractivity contribution in [3.8, 4) is 5.75 Å². The van der Waals surface area contributed by atoms with Gasteiger partial charge < -0.3 is 10.4 Å². The number of phenols is 1. The van der Waals surface area contributed by atoms with Crippen molar-refractivity contribution in [2.24, 2.45) is 0 Å². The van der Waals surface area contributed by atoms with E-state index in [2.05, 4.69) is 24.6 Å². The molecule has 2 N–H and O–H groups in total. The number of aromatic hydroxyl groups is 1. The Morgan fingerprint density at radius 2 is 2.18 bits per heavy atom. The van der Waals surface area contributed by atoms with Gasteiger partial charge in [-0.3, -0.25) is 0 Å². The fraction of sp³-hybridized carbons (Fsp3) is 0.571. The van der Waals surface area contributed by atoms with Gasteiger partial charge in [-0.05, 0) is 44.6 Å². The first-order valence-corrected chi connectivity index (χ1v) is 7.37. The standard InChI is InChI=1S/C14H21NOS/c1-10-4-5-12(13(16)8-10)11(2)15-9-14(17-3)6-7-14/h4-5,8,11,15-16H,6-7,9H2,1-3H3. The van der Waals surface area contributed by atoms with Crippen LogP contribution in [0.1, 0.15) is 36.9 Å². The predicted octanol–water partition coefficient (Wildman–Crippen LogP) is 3.25. The molecule has 1 aliphatic rings. The molecule has 1 unspecified atom stereocenters. The third-order valence-corrected chi connectivity index (χ3v) is 5.04. The molecule has 1 aromatic carbocycles. The van der Waals surface area contributed by atoms with Gasteiger partial charge in [-0.15, -0.1) is 0 Å². The maximum atomic E-state index is 9.92. The van der Waals surface area contributed by atoms with Gasteiger partial charge in [-0.25, -0.2) is 0 Å². The second-order valence-electron chi connectivity index (χ2n) is 5.05. The zero-order valence-corrected chi connectivity index (χ0v) is 11.6. The van der Waals surface area contributed by atoms with Crippen LogP contribution in [0, 0.1) is 6.92 Å². The molecule has 1 fully saturated rings. The molecule has 0 aliphatic heterocycles. The lowest BCUT2D eigenvalue weighted by molar-refractivity contribution is 0.451. The topological polar surface area (TPSA) is 32.3 Å². The minimum Gasteiger partial charge on any atom is -0.508 e. The third kappa shape index (κ3) is 2.96. The summed E-state index contributed by atoms with van der Waals surface area (Å²) in [6, 6.07) is 6.10. The van der Waals surface area contributed by atoms with Gasteiger partial charge in [0.25, 0.3) is 0 Å². The van der Waals surface area contributed by atoms with E-state index in [1.165, 1.54) is 12.8 Å². The molecular weight excluding hydrogens is 230 g/mol. The van der Waals surface area contributed by atoms with Gasteiger partial charge in [0, 0.05) is 22.9 Å². The minimum atomic E-state index is 0.209. The average molecular weight is 251 g/mol. The van der Waals surface area contributed by atoms with Crippen LogP contribution in [0.2, 0.25) is 0 Å². The van der Waals surface area contributed by atoms with Crippen LogP contribution in [-0.2, 0) is 0 Å². The zero-order valence-electron chi connectivity index (χ0n) is 10.8. The molecule has 0 aromatic heterocycles. The fourth-order valence-corrected chi connectivity index (χ4v) is 2.80. The maximum Gasteiger partial charge on any atom is 0.120 e. The summed E-state index contributed by atoms with van der Waals surface area (Å²) in [5, 5.41) is 13.5. The zero-order chi connectivity index (χ0) is 12.5. The third-order valence-electron chi connectivity index (χ3n) is 3.62. The van der Waals surface area contributed by atoms with Crippen molar-refractivity contribution >= 4 is 11.8 Å².